The van der Waals surface area contributed by atoms with Gasteiger partial charge in [-0.05, 0) is 37.3 Å². The molecule has 1 amide bonds. The number of benzene rings is 1. The third-order valence-corrected chi connectivity index (χ3v) is 3.73. The number of carbonyl (C=O) groups excluding carboxylic acids is 1. The number of hydrogen-bond donors (Lipinski definition) is 2. The summed E-state index contributed by atoms with van der Waals surface area (Å²) in [5.41, 5.74) is 1.85. The van der Waals surface area contributed by atoms with Crippen molar-refractivity contribution in [2.24, 2.45) is 0 Å². The molecule has 0 saturated carbocycles. The molecular weight excluding hydrogens is 256 g/mol. The highest BCUT2D eigenvalue weighted by Crippen LogP contribution is 2.19. The number of hydrogen-bond acceptors (Lipinski definition) is 3. The molecule has 19 heavy (non-hydrogen) atoms. The van der Waals surface area contributed by atoms with Crippen LogP contribution in [0.5, 0.6) is 0 Å². The fourth-order valence-corrected chi connectivity index (χ4v) is 2.56. The second-order valence-corrected chi connectivity index (χ2v) is 5.72. The normalized spacial score (nSPS) is 10.2. The van der Waals surface area contributed by atoms with Gasteiger partial charge in [0.15, 0.2) is 0 Å². The van der Waals surface area contributed by atoms with Crippen LogP contribution in [0.15, 0.2) is 36.4 Å². The van der Waals surface area contributed by atoms with Crippen molar-refractivity contribution in [1.29, 1.82) is 0 Å². The predicted octanol–water partition coefficient (Wildman–Crippen LogP) is 4.02. The first-order valence-corrected chi connectivity index (χ1v) is 7.18. The Balaban J connectivity index is 1.97. The summed E-state index contributed by atoms with van der Waals surface area (Å²) in [6, 6.07) is 12.0. The summed E-state index contributed by atoms with van der Waals surface area (Å²) in [5.74, 6) is 0.0334. The highest BCUT2D eigenvalue weighted by molar-refractivity contribution is 7.11. The van der Waals surface area contributed by atoms with E-state index in [1.165, 1.54) is 9.75 Å². The molecule has 0 unspecified atom stereocenters. The van der Waals surface area contributed by atoms with Crippen LogP contribution >= 0.6 is 11.3 Å². The SMILES string of the molecule is CCC(=O)Nc1cccc(NCc2ccc(C)s2)c1. The molecule has 0 bridgehead atoms. The highest BCUT2D eigenvalue weighted by atomic mass is 32.1. The Morgan fingerprint density at radius 3 is 2.68 bits per heavy atom. The maximum Gasteiger partial charge on any atom is 0.224 e. The lowest BCUT2D eigenvalue weighted by molar-refractivity contribution is -0.115. The molecule has 2 N–H and O–H groups in total. The van der Waals surface area contributed by atoms with E-state index in [1.54, 1.807) is 11.3 Å². The van der Waals surface area contributed by atoms with E-state index in [1.807, 2.05) is 31.2 Å². The molecule has 1 heterocycles. The molecule has 2 aromatic rings. The topological polar surface area (TPSA) is 41.1 Å². The Kier molecular flexibility index (Phi) is 4.58. The van der Waals surface area contributed by atoms with E-state index in [9.17, 15) is 4.79 Å². The van der Waals surface area contributed by atoms with Crippen LogP contribution in [0.25, 0.3) is 0 Å². The summed E-state index contributed by atoms with van der Waals surface area (Å²) in [4.78, 5) is 14.0. The molecular formula is C15H18N2OS. The van der Waals surface area contributed by atoms with Gasteiger partial charge in [-0.2, -0.15) is 0 Å². The molecule has 1 aromatic heterocycles. The van der Waals surface area contributed by atoms with E-state index in [0.717, 1.165) is 17.9 Å². The van der Waals surface area contributed by atoms with Gasteiger partial charge in [-0.3, -0.25) is 4.79 Å². The third-order valence-electron chi connectivity index (χ3n) is 2.73. The van der Waals surface area contributed by atoms with Gasteiger partial charge in [0.2, 0.25) is 5.91 Å². The van der Waals surface area contributed by atoms with Gasteiger partial charge < -0.3 is 10.6 Å². The molecule has 0 fully saturated rings. The summed E-state index contributed by atoms with van der Waals surface area (Å²) in [7, 11) is 0. The molecule has 0 spiro atoms. The van der Waals surface area contributed by atoms with Gasteiger partial charge in [0, 0.05) is 34.1 Å². The van der Waals surface area contributed by atoms with E-state index >= 15 is 0 Å². The lowest BCUT2D eigenvalue weighted by Crippen LogP contribution is -2.09. The smallest absolute Gasteiger partial charge is 0.224 e. The van der Waals surface area contributed by atoms with Crippen molar-refractivity contribution in [3.63, 3.8) is 0 Å². The van der Waals surface area contributed by atoms with Crippen LogP contribution in [0.2, 0.25) is 0 Å². The van der Waals surface area contributed by atoms with Gasteiger partial charge in [-0.25, -0.2) is 0 Å². The number of rotatable bonds is 5. The number of amides is 1. The van der Waals surface area contributed by atoms with E-state index in [0.29, 0.717) is 6.42 Å². The maximum atomic E-state index is 11.3. The van der Waals surface area contributed by atoms with Crippen molar-refractivity contribution in [2.75, 3.05) is 10.6 Å². The highest BCUT2D eigenvalue weighted by Gasteiger charge is 2.01. The van der Waals surface area contributed by atoms with Gasteiger partial charge in [-0.15, -0.1) is 11.3 Å². The van der Waals surface area contributed by atoms with Crippen molar-refractivity contribution in [2.45, 2.75) is 26.8 Å². The van der Waals surface area contributed by atoms with E-state index in [4.69, 9.17) is 0 Å². The van der Waals surface area contributed by atoms with Gasteiger partial charge in [0.25, 0.3) is 0 Å². The first-order valence-electron chi connectivity index (χ1n) is 6.36. The third kappa shape index (κ3) is 4.10. The second-order valence-electron chi connectivity index (χ2n) is 4.35. The lowest BCUT2D eigenvalue weighted by Gasteiger charge is -2.08. The summed E-state index contributed by atoms with van der Waals surface area (Å²) in [6.07, 6.45) is 0.492. The molecule has 4 heteroatoms. The summed E-state index contributed by atoms with van der Waals surface area (Å²) in [5, 5.41) is 6.22. The first-order chi connectivity index (χ1) is 9.17. The largest absolute Gasteiger partial charge is 0.380 e. The number of aryl methyl sites for hydroxylation is 1. The van der Waals surface area contributed by atoms with Gasteiger partial charge >= 0.3 is 0 Å². The molecule has 0 aliphatic carbocycles. The number of nitrogens with one attached hydrogen (secondary N) is 2. The van der Waals surface area contributed by atoms with Crippen molar-refractivity contribution in [3.8, 4) is 0 Å². The molecule has 1 aromatic carbocycles. The minimum atomic E-state index is 0.0334. The monoisotopic (exact) mass is 274 g/mol. The average molecular weight is 274 g/mol. The zero-order valence-corrected chi connectivity index (χ0v) is 12.0. The fourth-order valence-electron chi connectivity index (χ4n) is 1.73. The number of thiophene rings is 1. The predicted molar refractivity (Wildman–Crippen MR) is 81.7 cm³/mol. The van der Waals surface area contributed by atoms with Crippen LogP contribution in [0, 0.1) is 6.92 Å². The zero-order valence-electron chi connectivity index (χ0n) is 11.2. The lowest BCUT2D eigenvalue weighted by atomic mass is 10.2. The molecule has 0 saturated heterocycles. The van der Waals surface area contributed by atoms with Gasteiger partial charge in [0.05, 0.1) is 0 Å². The average Bonchev–Trinajstić information content (AvgIpc) is 2.82. The summed E-state index contributed by atoms with van der Waals surface area (Å²) >= 11 is 1.79. The van der Waals surface area contributed by atoms with Crippen LogP contribution in [0.1, 0.15) is 23.1 Å². The van der Waals surface area contributed by atoms with Crippen molar-refractivity contribution in [3.05, 3.63) is 46.2 Å². The minimum Gasteiger partial charge on any atom is -0.380 e. The van der Waals surface area contributed by atoms with Crippen LogP contribution in [-0.4, -0.2) is 5.91 Å². The Morgan fingerprint density at radius 1 is 1.21 bits per heavy atom. The van der Waals surface area contributed by atoms with Crippen LogP contribution in [0.4, 0.5) is 11.4 Å². The van der Waals surface area contributed by atoms with Crippen molar-refractivity contribution >= 4 is 28.6 Å². The Morgan fingerprint density at radius 2 is 2.00 bits per heavy atom. The molecule has 0 atom stereocenters. The van der Waals surface area contributed by atoms with Crippen LogP contribution in [0.3, 0.4) is 0 Å². The van der Waals surface area contributed by atoms with Gasteiger partial charge in [-0.1, -0.05) is 13.0 Å². The van der Waals surface area contributed by atoms with Crippen LogP contribution < -0.4 is 10.6 Å². The molecule has 100 valence electrons. The van der Waals surface area contributed by atoms with Gasteiger partial charge in [0.1, 0.15) is 0 Å². The fraction of sp³-hybridized carbons (Fsp3) is 0.267. The number of anilines is 2. The van der Waals surface area contributed by atoms with E-state index < -0.39 is 0 Å². The molecule has 2 rings (SSSR count). The molecule has 3 nitrogen and oxygen atoms in total. The summed E-state index contributed by atoms with van der Waals surface area (Å²) < 4.78 is 0. The zero-order chi connectivity index (χ0) is 13.7. The molecule has 0 radical (unpaired) electrons. The van der Waals surface area contributed by atoms with E-state index in [-0.39, 0.29) is 5.91 Å². The first kappa shape index (κ1) is 13.6. The Bertz CT molecular complexity index is 563. The quantitative estimate of drug-likeness (QED) is 0.864. The van der Waals surface area contributed by atoms with Crippen LogP contribution in [-0.2, 0) is 11.3 Å². The summed E-state index contributed by atoms with van der Waals surface area (Å²) in [6.45, 7) is 4.76. The minimum absolute atomic E-state index is 0.0334. The molecule has 0 aliphatic rings. The van der Waals surface area contributed by atoms with Crippen molar-refractivity contribution < 1.29 is 4.79 Å². The Labute approximate surface area is 117 Å². The van der Waals surface area contributed by atoms with E-state index in [2.05, 4.69) is 29.7 Å². The second kappa shape index (κ2) is 6.38. The standard InChI is InChI=1S/C15H18N2OS/c1-3-15(18)17-13-6-4-5-12(9-13)16-10-14-8-7-11(2)19-14/h4-9,16H,3,10H2,1-2H3,(H,17,18). The molecule has 0 aliphatic heterocycles. The Hall–Kier alpha value is -1.81. The van der Waals surface area contributed by atoms with Crippen molar-refractivity contribution in [1.82, 2.24) is 0 Å². The maximum absolute atomic E-state index is 11.3. The number of carbonyl (C=O) groups is 1.